The number of Topliss-reactive ketones (excluding diaryl/α,β-unsaturated/α-hetero) is 1. The van der Waals surface area contributed by atoms with E-state index in [-0.39, 0.29) is 0 Å². The molecule has 0 saturated carbocycles. The number of hydrogen-bond acceptors (Lipinski definition) is 2. The molecule has 2 heteroatoms. The first-order valence-corrected chi connectivity index (χ1v) is 5.63. The van der Waals surface area contributed by atoms with Crippen LogP contribution in [0.3, 0.4) is 0 Å². The molecule has 0 atom stereocenters. The van der Waals surface area contributed by atoms with Crippen molar-refractivity contribution >= 4 is 5.78 Å². The summed E-state index contributed by atoms with van der Waals surface area (Å²) in [6.45, 7) is 2.72. The Bertz CT molecular complexity index is 354. The topological polar surface area (TPSA) is 43.1 Å². The van der Waals surface area contributed by atoms with Crippen LogP contribution in [-0.4, -0.2) is 5.78 Å². The van der Waals surface area contributed by atoms with E-state index in [4.69, 9.17) is 5.73 Å². The summed E-state index contributed by atoms with van der Waals surface area (Å²) in [7, 11) is 0. The van der Waals surface area contributed by atoms with E-state index in [2.05, 4.69) is 6.92 Å². The van der Waals surface area contributed by atoms with Gasteiger partial charge in [-0.05, 0) is 18.9 Å². The minimum absolute atomic E-state index is 0.385. The Kier molecular flexibility index (Phi) is 5.51. The Balaban J connectivity index is 0.000000160. The minimum atomic E-state index is 0.385. The molecule has 0 saturated heterocycles. The third-order valence-corrected chi connectivity index (χ3v) is 2.55. The summed E-state index contributed by atoms with van der Waals surface area (Å²) >= 11 is 0. The van der Waals surface area contributed by atoms with E-state index in [1.54, 1.807) is 0 Å². The van der Waals surface area contributed by atoms with Crippen LogP contribution in [0.4, 0.5) is 0 Å². The molecule has 0 spiro atoms. The maximum absolute atomic E-state index is 10.6. The second-order valence-electron chi connectivity index (χ2n) is 3.98. The van der Waals surface area contributed by atoms with Crippen LogP contribution in [0.2, 0.25) is 0 Å². The van der Waals surface area contributed by atoms with Gasteiger partial charge in [-0.2, -0.15) is 0 Å². The predicted molar refractivity (Wildman–Crippen MR) is 66.9 cm³/mol. The van der Waals surface area contributed by atoms with Crippen LogP contribution in [-0.2, 0) is 11.3 Å². The standard InChI is InChI=1S/C7H9N.C7H10O/c8-6-7-4-2-1-3-5-7;1-6-2-4-7(8)5-3-6/h1-5H,6,8H2;2H,3-5H2,1H3. The van der Waals surface area contributed by atoms with Gasteiger partial charge in [0.2, 0.25) is 0 Å². The highest BCUT2D eigenvalue weighted by Crippen LogP contribution is 2.12. The molecule has 16 heavy (non-hydrogen) atoms. The number of allylic oxidation sites excluding steroid dienone is 2. The molecule has 0 heterocycles. The minimum Gasteiger partial charge on any atom is -0.326 e. The molecule has 1 aliphatic rings. The van der Waals surface area contributed by atoms with Gasteiger partial charge in [0.1, 0.15) is 5.78 Å². The summed E-state index contributed by atoms with van der Waals surface area (Å²) < 4.78 is 0. The summed E-state index contributed by atoms with van der Waals surface area (Å²) in [4.78, 5) is 10.6. The molecule has 0 unspecified atom stereocenters. The molecule has 0 bridgehead atoms. The van der Waals surface area contributed by atoms with Crippen LogP contribution in [0, 0.1) is 0 Å². The first-order valence-electron chi connectivity index (χ1n) is 5.63. The van der Waals surface area contributed by atoms with Gasteiger partial charge in [0.25, 0.3) is 0 Å². The second kappa shape index (κ2) is 6.96. The molecule has 1 aromatic rings. The summed E-state index contributed by atoms with van der Waals surface area (Å²) in [5.74, 6) is 0.385. The number of rotatable bonds is 1. The van der Waals surface area contributed by atoms with Crippen LogP contribution in [0.25, 0.3) is 0 Å². The van der Waals surface area contributed by atoms with Gasteiger partial charge in [-0.1, -0.05) is 42.0 Å². The normalized spacial score (nSPS) is 14.9. The molecule has 1 aliphatic carbocycles. The van der Waals surface area contributed by atoms with Crippen molar-refractivity contribution < 1.29 is 4.79 Å². The Morgan fingerprint density at radius 1 is 1.19 bits per heavy atom. The van der Waals surface area contributed by atoms with Crippen molar-refractivity contribution in [2.45, 2.75) is 32.7 Å². The lowest BCUT2D eigenvalue weighted by Gasteiger charge is -2.05. The van der Waals surface area contributed by atoms with E-state index in [1.807, 2.05) is 36.4 Å². The number of nitrogens with two attached hydrogens (primary N) is 1. The van der Waals surface area contributed by atoms with E-state index in [1.165, 1.54) is 11.1 Å². The predicted octanol–water partition coefficient (Wildman–Crippen LogP) is 2.83. The highest BCUT2D eigenvalue weighted by atomic mass is 16.1. The lowest BCUT2D eigenvalue weighted by molar-refractivity contribution is -0.118. The Morgan fingerprint density at radius 2 is 1.88 bits per heavy atom. The molecule has 2 rings (SSSR count). The monoisotopic (exact) mass is 217 g/mol. The first-order chi connectivity index (χ1) is 7.72. The lowest BCUT2D eigenvalue weighted by Crippen LogP contribution is -2.01. The number of carbonyl (C=O) groups excluding carboxylic acids is 1. The molecular formula is C14H19NO. The van der Waals surface area contributed by atoms with Gasteiger partial charge in [-0.15, -0.1) is 0 Å². The average Bonchev–Trinajstić information content (AvgIpc) is 2.35. The SMILES string of the molecule is CC1=CCC(=O)CC1.NCc1ccccc1. The molecule has 0 amide bonds. The third-order valence-electron chi connectivity index (χ3n) is 2.55. The van der Waals surface area contributed by atoms with E-state index in [0.29, 0.717) is 18.7 Å². The molecule has 1 aromatic carbocycles. The fourth-order valence-corrected chi connectivity index (χ4v) is 1.44. The second-order valence-corrected chi connectivity index (χ2v) is 3.98. The van der Waals surface area contributed by atoms with Crippen LogP contribution >= 0.6 is 0 Å². The van der Waals surface area contributed by atoms with Gasteiger partial charge >= 0.3 is 0 Å². The van der Waals surface area contributed by atoms with Gasteiger partial charge in [-0.25, -0.2) is 0 Å². The molecule has 0 radical (unpaired) electrons. The van der Waals surface area contributed by atoms with E-state index in [0.717, 1.165) is 12.8 Å². The largest absolute Gasteiger partial charge is 0.326 e. The van der Waals surface area contributed by atoms with Crippen molar-refractivity contribution in [2.24, 2.45) is 5.73 Å². The van der Waals surface area contributed by atoms with Crippen molar-refractivity contribution in [3.63, 3.8) is 0 Å². The number of benzene rings is 1. The van der Waals surface area contributed by atoms with Crippen molar-refractivity contribution in [2.75, 3.05) is 0 Å². The highest BCUT2D eigenvalue weighted by Gasteiger charge is 2.05. The quantitative estimate of drug-likeness (QED) is 0.735. The smallest absolute Gasteiger partial charge is 0.136 e. The van der Waals surface area contributed by atoms with E-state index < -0.39 is 0 Å². The van der Waals surface area contributed by atoms with Crippen molar-refractivity contribution in [3.05, 3.63) is 47.5 Å². The molecule has 0 aliphatic heterocycles. The van der Waals surface area contributed by atoms with Gasteiger partial charge in [-0.3, -0.25) is 4.79 Å². The Morgan fingerprint density at radius 3 is 2.25 bits per heavy atom. The highest BCUT2D eigenvalue weighted by molar-refractivity contribution is 5.81. The fourth-order valence-electron chi connectivity index (χ4n) is 1.44. The van der Waals surface area contributed by atoms with Gasteiger partial charge in [0.05, 0.1) is 0 Å². The first kappa shape index (κ1) is 12.7. The average molecular weight is 217 g/mol. The third kappa shape index (κ3) is 4.89. The Hall–Kier alpha value is -1.41. The van der Waals surface area contributed by atoms with E-state index >= 15 is 0 Å². The van der Waals surface area contributed by atoms with Crippen LogP contribution in [0.5, 0.6) is 0 Å². The number of ketones is 1. The lowest BCUT2D eigenvalue weighted by atomic mass is 10.0. The summed E-state index contributed by atoms with van der Waals surface area (Å²) in [6, 6.07) is 9.99. The van der Waals surface area contributed by atoms with Crippen LogP contribution in [0.15, 0.2) is 42.0 Å². The molecular weight excluding hydrogens is 198 g/mol. The molecule has 2 N–H and O–H groups in total. The van der Waals surface area contributed by atoms with E-state index in [9.17, 15) is 4.79 Å². The molecule has 2 nitrogen and oxygen atoms in total. The molecule has 86 valence electrons. The maximum atomic E-state index is 10.6. The van der Waals surface area contributed by atoms with Gasteiger partial charge in [0.15, 0.2) is 0 Å². The van der Waals surface area contributed by atoms with Crippen LogP contribution in [0.1, 0.15) is 31.7 Å². The number of hydrogen-bond donors (Lipinski definition) is 1. The summed E-state index contributed by atoms with van der Waals surface area (Å²) in [6.07, 6.45) is 4.44. The zero-order chi connectivity index (χ0) is 11.8. The van der Waals surface area contributed by atoms with Crippen molar-refractivity contribution in [1.82, 2.24) is 0 Å². The molecule has 0 aromatic heterocycles. The zero-order valence-corrected chi connectivity index (χ0v) is 9.78. The zero-order valence-electron chi connectivity index (χ0n) is 9.78. The van der Waals surface area contributed by atoms with Crippen molar-refractivity contribution in [3.8, 4) is 0 Å². The molecule has 0 fully saturated rings. The number of carbonyl (C=O) groups is 1. The van der Waals surface area contributed by atoms with Gasteiger partial charge < -0.3 is 5.73 Å². The maximum Gasteiger partial charge on any atom is 0.136 e. The Labute approximate surface area is 97.2 Å². The summed E-state index contributed by atoms with van der Waals surface area (Å²) in [5, 5.41) is 0. The fraction of sp³-hybridized carbons (Fsp3) is 0.357. The van der Waals surface area contributed by atoms with Crippen molar-refractivity contribution in [1.29, 1.82) is 0 Å². The summed E-state index contributed by atoms with van der Waals surface area (Å²) in [5.41, 5.74) is 7.90. The van der Waals surface area contributed by atoms with Gasteiger partial charge in [0, 0.05) is 19.4 Å². The van der Waals surface area contributed by atoms with Crippen LogP contribution < -0.4 is 5.73 Å².